The molecule has 3 N–H and O–H groups in total. The molecule has 0 radical (unpaired) electrons. The number of aliphatic hydroxyl groups is 1. The maximum Gasteiger partial charge on any atom is 0.416 e. The number of rotatable bonds is 6. The Hall–Kier alpha value is -1.07. The molecular formula is C18H28F3IN4O. The summed E-state index contributed by atoms with van der Waals surface area (Å²) in [6, 6.07) is 5.81. The maximum atomic E-state index is 12.8. The van der Waals surface area contributed by atoms with E-state index in [1.165, 1.54) is 12.1 Å². The second-order valence-corrected chi connectivity index (χ2v) is 6.38. The summed E-state index contributed by atoms with van der Waals surface area (Å²) in [7, 11) is 0. The number of guanidine groups is 1. The van der Waals surface area contributed by atoms with Crippen molar-refractivity contribution in [1.29, 1.82) is 0 Å². The molecule has 0 aliphatic carbocycles. The van der Waals surface area contributed by atoms with Crippen molar-refractivity contribution < 1.29 is 18.3 Å². The lowest BCUT2D eigenvalue weighted by molar-refractivity contribution is -0.137. The molecule has 1 aromatic carbocycles. The number of benzene rings is 1. The van der Waals surface area contributed by atoms with Crippen LogP contribution >= 0.6 is 24.0 Å². The molecule has 0 aromatic heterocycles. The normalized spacial score (nSPS) is 16.7. The lowest BCUT2D eigenvalue weighted by Crippen LogP contribution is -2.48. The summed E-state index contributed by atoms with van der Waals surface area (Å²) in [5, 5.41) is 15.4. The van der Waals surface area contributed by atoms with Crippen LogP contribution in [0.15, 0.2) is 29.3 Å². The van der Waals surface area contributed by atoms with Gasteiger partial charge in [-0.05, 0) is 31.4 Å². The van der Waals surface area contributed by atoms with Crippen molar-refractivity contribution in [1.82, 2.24) is 15.5 Å². The van der Waals surface area contributed by atoms with Gasteiger partial charge in [-0.25, -0.2) is 0 Å². The summed E-state index contributed by atoms with van der Waals surface area (Å²) in [6.07, 6.45) is -2.52. The zero-order valence-corrected chi connectivity index (χ0v) is 17.8. The zero-order valence-electron chi connectivity index (χ0n) is 15.4. The lowest BCUT2D eigenvalue weighted by Gasteiger charge is -2.33. The summed E-state index contributed by atoms with van der Waals surface area (Å²) in [5.41, 5.74) is 0.0889. The second kappa shape index (κ2) is 11.7. The van der Waals surface area contributed by atoms with E-state index in [1.807, 2.05) is 6.92 Å². The number of halogens is 4. The van der Waals surface area contributed by atoms with Gasteiger partial charge in [0.1, 0.15) is 0 Å². The SMILES string of the molecule is CCNC(=NCCO)NC1CCN(Cc2cccc(C(F)(F)F)c2)CC1.I. The Morgan fingerprint density at radius 3 is 2.59 bits per heavy atom. The van der Waals surface area contributed by atoms with E-state index in [4.69, 9.17) is 5.11 Å². The molecule has 0 unspecified atom stereocenters. The third-order valence-electron chi connectivity index (χ3n) is 4.30. The molecule has 9 heteroatoms. The Morgan fingerprint density at radius 1 is 1.30 bits per heavy atom. The van der Waals surface area contributed by atoms with E-state index in [9.17, 15) is 13.2 Å². The fourth-order valence-corrected chi connectivity index (χ4v) is 3.01. The highest BCUT2D eigenvalue weighted by atomic mass is 127. The molecule has 1 aliphatic heterocycles. The number of nitrogens with one attached hydrogen (secondary N) is 2. The highest BCUT2D eigenvalue weighted by Gasteiger charge is 2.30. The fourth-order valence-electron chi connectivity index (χ4n) is 3.01. The number of likely N-dealkylation sites (tertiary alicyclic amines) is 1. The molecule has 1 heterocycles. The minimum atomic E-state index is -4.30. The van der Waals surface area contributed by atoms with Gasteiger partial charge < -0.3 is 15.7 Å². The molecule has 2 rings (SSSR count). The van der Waals surface area contributed by atoms with Crippen LogP contribution in [0.4, 0.5) is 13.2 Å². The van der Waals surface area contributed by atoms with Gasteiger partial charge in [0.15, 0.2) is 5.96 Å². The Balaban J connectivity index is 0.00000364. The molecule has 154 valence electrons. The molecule has 0 bridgehead atoms. The highest BCUT2D eigenvalue weighted by molar-refractivity contribution is 14.0. The van der Waals surface area contributed by atoms with Gasteiger partial charge in [0.25, 0.3) is 0 Å². The molecule has 1 aromatic rings. The first-order valence-corrected chi connectivity index (χ1v) is 8.96. The zero-order chi connectivity index (χ0) is 19.0. The van der Waals surface area contributed by atoms with Crippen molar-refractivity contribution in [3.05, 3.63) is 35.4 Å². The number of hydrogen-bond donors (Lipinski definition) is 3. The molecule has 0 atom stereocenters. The Bertz CT molecular complexity index is 590. The molecule has 0 spiro atoms. The van der Waals surface area contributed by atoms with E-state index >= 15 is 0 Å². The largest absolute Gasteiger partial charge is 0.416 e. The van der Waals surface area contributed by atoms with Crippen molar-refractivity contribution in [3.8, 4) is 0 Å². The van der Waals surface area contributed by atoms with Crippen LogP contribution in [0.5, 0.6) is 0 Å². The monoisotopic (exact) mass is 500 g/mol. The van der Waals surface area contributed by atoms with Crippen LogP contribution in [0.2, 0.25) is 0 Å². The maximum absolute atomic E-state index is 12.8. The molecule has 5 nitrogen and oxygen atoms in total. The number of piperidine rings is 1. The smallest absolute Gasteiger partial charge is 0.394 e. The van der Waals surface area contributed by atoms with Crippen LogP contribution in [0.25, 0.3) is 0 Å². The van der Waals surface area contributed by atoms with E-state index < -0.39 is 11.7 Å². The third-order valence-corrected chi connectivity index (χ3v) is 4.30. The van der Waals surface area contributed by atoms with E-state index in [0.717, 1.165) is 38.5 Å². The first kappa shape index (κ1) is 24.0. The van der Waals surface area contributed by atoms with E-state index in [-0.39, 0.29) is 36.6 Å². The van der Waals surface area contributed by atoms with Crippen LogP contribution in [-0.2, 0) is 12.7 Å². The lowest BCUT2D eigenvalue weighted by atomic mass is 10.0. The van der Waals surface area contributed by atoms with Crippen LogP contribution in [0, 0.1) is 0 Å². The minimum absolute atomic E-state index is 0. The minimum Gasteiger partial charge on any atom is -0.394 e. The van der Waals surface area contributed by atoms with Gasteiger partial charge in [-0.15, -0.1) is 24.0 Å². The Morgan fingerprint density at radius 2 is 2.00 bits per heavy atom. The van der Waals surface area contributed by atoms with Crippen LogP contribution < -0.4 is 10.6 Å². The highest BCUT2D eigenvalue weighted by Crippen LogP contribution is 2.29. The van der Waals surface area contributed by atoms with Crippen LogP contribution in [-0.4, -0.2) is 54.8 Å². The molecule has 1 aliphatic rings. The summed E-state index contributed by atoms with van der Waals surface area (Å²) >= 11 is 0. The summed E-state index contributed by atoms with van der Waals surface area (Å²) in [5.74, 6) is 0.692. The summed E-state index contributed by atoms with van der Waals surface area (Å²) < 4.78 is 38.4. The van der Waals surface area contributed by atoms with Crippen LogP contribution in [0.1, 0.15) is 30.9 Å². The average molecular weight is 500 g/mol. The van der Waals surface area contributed by atoms with Crippen molar-refractivity contribution in [2.75, 3.05) is 32.8 Å². The van der Waals surface area contributed by atoms with Gasteiger partial charge in [0, 0.05) is 32.2 Å². The van der Waals surface area contributed by atoms with Gasteiger partial charge in [-0.3, -0.25) is 9.89 Å². The molecule has 1 saturated heterocycles. The number of aliphatic hydroxyl groups excluding tert-OH is 1. The van der Waals surface area contributed by atoms with Crippen molar-refractivity contribution >= 4 is 29.9 Å². The van der Waals surface area contributed by atoms with Crippen molar-refractivity contribution in [3.63, 3.8) is 0 Å². The Kier molecular flexibility index (Phi) is 10.4. The molecular weight excluding hydrogens is 472 g/mol. The number of hydrogen-bond acceptors (Lipinski definition) is 3. The van der Waals surface area contributed by atoms with Crippen molar-refractivity contribution in [2.45, 2.75) is 38.5 Å². The standard InChI is InChI=1S/C18H27F3N4O.HI/c1-2-22-17(23-8-11-26)24-16-6-9-25(10-7-16)13-14-4-3-5-15(12-14)18(19,20)21;/h3-5,12,16,26H,2,6-11,13H2,1H3,(H2,22,23,24);1H. The first-order chi connectivity index (χ1) is 12.4. The molecule has 27 heavy (non-hydrogen) atoms. The van der Waals surface area contributed by atoms with Gasteiger partial charge in [0.05, 0.1) is 18.7 Å². The van der Waals surface area contributed by atoms with E-state index in [1.54, 1.807) is 6.07 Å². The fraction of sp³-hybridized carbons (Fsp3) is 0.611. The van der Waals surface area contributed by atoms with Gasteiger partial charge in [-0.1, -0.05) is 18.2 Å². The second-order valence-electron chi connectivity index (χ2n) is 6.38. The number of nitrogens with zero attached hydrogens (tertiary/aromatic N) is 2. The molecule has 0 saturated carbocycles. The van der Waals surface area contributed by atoms with Crippen LogP contribution in [0.3, 0.4) is 0 Å². The predicted molar refractivity (Wildman–Crippen MR) is 111 cm³/mol. The number of aliphatic imine (C=N–C) groups is 1. The summed E-state index contributed by atoms with van der Waals surface area (Å²) in [6.45, 7) is 5.23. The molecule has 0 amide bonds. The topological polar surface area (TPSA) is 59.9 Å². The molecule has 1 fully saturated rings. The quantitative estimate of drug-likeness (QED) is 0.320. The first-order valence-electron chi connectivity index (χ1n) is 8.96. The van der Waals surface area contributed by atoms with Gasteiger partial charge >= 0.3 is 6.18 Å². The predicted octanol–water partition coefficient (Wildman–Crippen LogP) is 2.84. The van der Waals surface area contributed by atoms with Gasteiger partial charge in [-0.2, -0.15) is 13.2 Å². The van der Waals surface area contributed by atoms with E-state index in [0.29, 0.717) is 24.6 Å². The average Bonchev–Trinajstić information content (AvgIpc) is 2.61. The van der Waals surface area contributed by atoms with Crippen molar-refractivity contribution in [2.24, 2.45) is 4.99 Å². The summed E-state index contributed by atoms with van der Waals surface area (Å²) in [4.78, 5) is 6.44. The number of alkyl halides is 3. The van der Waals surface area contributed by atoms with Gasteiger partial charge in [0.2, 0.25) is 0 Å². The third kappa shape index (κ3) is 8.22. The Labute approximate surface area is 175 Å². The van der Waals surface area contributed by atoms with E-state index in [2.05, 4.69) is 20.5 Å².